The Balaban J connectivity index is 1.14. The highest BCUT2D eigenvalue weighted by Crippen LogP contribution is 2.29. The molecule has 0 unspecified atom stereocenters. The van der Waals surface area contributed by atoms with Crippen molar-refractivity contribution in [1.82, 2.24) is 0 Å². The van der Waals surface area contributed by atoms with Crippen molar-refractivity contribution >= 4 is 22.7 Å². The molecule has 0 fully saturated rings. The first-order chi connectivity index (χ1) is 21.7. The Labute approximate surface area is 260 Å². The number of nitrogens with zero attached hydrogens (tertiary/aromatic N) is 4. The molecule has 0 amide bonds. The molecular weight excluding hydrogens is 544 g/mol. The summed E-state index contributed by atoms with van der Waals surface area (Å²) in [6, 6.07) is 40.2. The third-order valence-corrected chi connectivity index (χ3v) is 7.05. The van der Waals surface area contributed by atoms with Crippen molar-refractivity contribution in [2.24, 2.45) is 20.5 Å². The molecule has 0 saturated carbocycles. The van der Waals surface area contributed by atoms with Crippen molar-refractivity contribution in [1.29, 1.82) is 0 Å². The first kappa shape index (κ1) is 30.4. The van der Waals surface area contributed by atoms with Crippen molar-refractivity contribution in [3.8, 4) is 33.8 Å². The van der Waals surface area contributed by atoms with Crippen LogP contribution in [0.4, 0.5) is 22.7 Å². The largest absolute Gasteiger partial charge is 0.494 e. The maximum absolute atomic E-state index is 5.71. The molecule has 0 bridgehead atoms. The van der Waals surface area contributed by atoms with E-state index in [4.69, 9.17) is 9.47 Å². The second-order valence-corrected chi connectivity index (χ2v) is 10.5. The summed E-state index contributed by atoms with van der Waals surface area (Å²) >= 11 is 0. The third kappa shape index (κ3) is 8.95. The molecule has 0 saturated heterocycles. The van der Waals surface area contributed by atoms with Crippen LogP contribution >= 0.6 is 0 Å². The smallest absolute Gasteiger partial charge is 0.119 e. The van der Waals surface area contributed by atoms with Crippen LogP contribution in [0.25, 0.3) is 22.3 Å². The Kier molecular flexibility index (Phi) is 11.0. The quantitative estimate of drug-likeness (QED) is 0.0965. The first-order valence-corrected chi connectivity index (χ1v) is 15.3. The van der Waals surface area contributed by atoms with Crippen LogP contribution in [-0.2, 0) is 0 Å². The summed E-state index contributed by atoms with van der Waals surface area (Å²) in [5.41, 5.74) is 7.73. The highest BCUT2D eigenvalue weighted by atomic mass is 16.5. The van der Waals surface area contributed by atoms with E-state index in [2.05, 4.69) is 82.8 Å². The van der Waals surface area contributed by atoms with E-state index in [1.165, 1.54) is 0 Å². The summed E-state index contributed by atoms with van der Waals surface area (Å²) < 4.78 is 11.4. The van der Waals surface area contributed by atoms with Crippen LogP contribution in [0.5, 0.6) is 11.5 Å². The average molecular weight is 583 g/mol. The molecule has 0 aliphatic rings. The van der Waals surface area contributed by atoms with Crippen molar-refractivity contribution in [3.05, 3.63) is 121 Å². The zero-order valence-corrected chi connectivity index (χ0v) is 25.4. The van der Waals surface area contributed by atoms with Crippen LogP contribution in [0, 0.1) is 0 Å². The van der Waals surface area contributed by atoms with Gasteiger partial charge in [0.2, 0.25) is 0 Å². The second-order valence-electron chi connectivity index (χ2n) is 10.5. The zero-order valence-electron chi connectivity index (χ0n) is 25.4. The van der Waals surface area contributed by atoms with Gasteiger partial charge in [-0.05, 0) is 108 Å². The first-order valence-electron chi connectivity index (χ1n) is 15.3. The standard InChI is InChI=1S/C38H38N4O2/c1-3-5-27-43-37-23-19-35(20-24-37)41-39-33-15-11-31(12-16-33)29-7-9-30(10-8-29)32-13-17-34(18-14-32)40-42-36-21-25-38(26-22-36)44-28-6-4-2/h7-26H,3-6,27-28H2,1-2H3. The fourth-order valence-corrected chi connectivity index (χ4v) is 4.41. The van der Waals surface area contributed by atoms with E-state index in [9.17, 15) is 0 Å². The number of ether oxygens (including phenoxy) is 2. The Morgan fingerprint density at radius 1 is 0.364 bits per heavy atom. The van der Waals surface area contributed by atoms with E-state index in [1.54, 1.807) is 0 Å². The van der Waals surface area contributed by atoms with Gasteiger partial charge in [0.05, 0.1) is 36.0 Å². The van der Waals surface area contributed by atoms with Gasteiger partial charge in [-0.25, -0.2) is 0 Å². The topological polar surface area (TPSA) is 67.9 Å². The molecule has 0 atom stereocenters. The third-order valence-electron chi connectivity index (χ3n) is 7.05. The molecule has 44 heavy (non-hydrogen) atoms. The number of hydrogen-bond donors (Lipinski definition) is 0. The van der Waals surface area contributed by atoms with Gasteiger partial charge in [0, 0.05) is 0 Å². The minimum Gasteiger partial charge on any atom is -0.494 e. The van der Waals surface area contributed by atoms with E-state index in [0.717, 1.165) is 95.4 Å². The van der Waals surface area contributed by atoms with Crippen LogP contribution in [0.3, 0.4) is 0 Å². The van der Waals surface area contributed by atoms with E-state index in [1.807, 2.05) is 72.8 Å². The summed E-state index contributed by atoms with van der Waals surface area (Å²) in [6.07, 6.45) is 4.34. The molecule has 0 spiro atoms. The van der Waals surface area contributed by atoms with Gasteiger partial charge in [-0.3, -0.25) is 0 Å². The molecule has 6 heteroatoms. The Morgan fingerprint density at radius 2 is 0.614 bits per heavy atom. The second kappa shape index (κ2) is 15.9. The fourth-order valence-electron chi connectivity index (χ4n) is 4.41. The fraction of sp³-hybridized carbons (Fsp3) is 0.211. The zero-order chi connectivity index (χ0) is 30.4. The lowest BCUT2D eigenvalue weighted by atomic mass is 10.00. The summed E-state index contributed by atoms with van der Waals surface area (Å²) in [7, 11) is 0. The molecule has 5 rings (SSSR count). The maximum atomic E-state index is 5.71. The molecule has 0 N–H and O–H groups in total. The number of hydrogen-bond acceptors (Lipinski definition) is 6. The molecule has 0 radical (unpaired) electrons. The van der Waals surface area contributed by atoms with Crippen molar-refractivity contribution in [3.63, 3.8) is 0 Å². The van der Waals surface area contributed by atoms with Crippen LogP contribution in [0.15, 0.2) is 142 Å². The lowest BCUT2D eigenvalue weighted by Crippen LogP contribution is -1.95. The SMILES string of the molecule is CCCCOc1ccc(N=Nc2ccc(-c3ccc(-c4ccc(N=Nc5ccc(OCCCC)cc5)cc4)cc3)cc2)cc1. The Hall–Kier alpha value is -5.10. The van der Waals surface area contributed by atoms with Gasteiger partial charge in [-0.15, -0.1) is 0 Å². The molecule has 0 heterocycles. The molecular formula is C38H38N4O2. The predicted octanol–water partition coefficient (Wildman–Crippen LogP) is 12.2. The summed E-state index contributed by atoms with van der Waals surface area (Å²) in [5, 5.41) is 17.5. The molecule has 0 aliphatic carbocycles. The predicted molar refractivity (Wildman–Crippen MR) is 179 cm³/mol. The van der Waals surface area contributed by atoms with Gasteiger partial charge in [0.25, 0.3) is 0 Å². The van der Waals surface area contributed by atoms with Gasteiger partial charge in [-0.2, -0.15) is 20.5 Å². The minimum atomic E-state index is 0.736. The van der Waals surface area contributed by atoms with Crippen LogP contribution in [-0.4, -0.2) is 13.2 Å². The average Bonchev–Trinajstić information content (AvgIpc) is 3.08. The van der Waals surface area contributed by atoms with Crippen LogP contribution in [0.2, 0.25) is 0 Å². The van der Waals surface area contributed by atoms with Gasteiger partial charge >= 0.3 is 0 Å². The molecule has 6 nitrogen and oxygen atoms in total. The molecule has 222 valence electrons. The van der Waals surface area contributed by atoms with Gasteiger partial charge in [-0.1, -0.05) is 75.2 Å². The van der Waals surface area contributed by atoms with E-state index in [0.29, 0.717) is 0 Å². The van der Waals surface area contributed by atoms with Crippen molar-refractivity contribution in [2.45, 2.75) is 39.5 Å². The van der Waals surface area contributed by atoms with Crippen LogP contribution < -0.4 is 9.47 Å². The summed E-state index contributed by atoms with van der Waals surface area (Å²) in [4.78, 5) is 0. The van der Waals surface area contributed by atoms with Gasteiger partial charge in [0.15, 0.2) is 0 Å². The lowest BCUT2D eigenvalue weighted by Gasteiger charge is -2.06. The van der Waals surface area contributed by atoms with Crippen LogP contribution in [0.1, 0.15) is 39.5 Å². The maximum Gasteiger partial charge on any atom is 0.119 e. The lowest BCUT2D eigenvalue weighted by molar-refractivity contribution is 0.309. The van der Waals surface area contributed by atoms with Crippen molar-refractivity contribution in [2.75, 3.05) is 13.2 Å². The van der Waals surface area contributed by atoms with E-state index >= 15 is 0 Å². The highest BCUT2D eigenvalue weighted by molar-refractivity contribution is 5.71. The number of unbranched alkanes of at least 4 members (excludes halogenated alkanes) is 2. The monoisotopic (exact) mass is 582 g/mol. The Bertz CT molecular complexity index is 1500. The number of benzene rings is 5. The van der Waals surface area contributed by atoms with Gasteiger partial charge in [0.1, 0.15) is 11.5 Å². The highest BCUT2D eigenvalue weighted by Gasteiger charge is 2.03. The van der Waals surface area contributed by atoms with E-state index in [-0.39, 0.29) is 0 Å². The summed E-state index contributed by atoms with van der Waals surface area (Å²) in [6.45, 7) is 5.78. The Morgan fingerprint density at radius 3 is 0.886 bits per heavy atom. The normalized spacial score (nSPS) is 11.3. The number of azo groups is 2. The van der Waals surface area contributed by atoms with Crippen molar-refractivity contribution < 1.29 is 9.47 Å². The molecule has 0 aromatic heterocycles. The van der Waals surface area contributed by atoms with Gasteiger partial charge < -0.3 is 9.47 Å². The summed E-state index contributed by atoms with van der Waals surface area (Å²) in [5.74, 6) is 1.72. The number of rotatable bonds is 14. The molecule has 5 aromatic carbocycles. The van der Waals surface area contributed by atoms with E-state index < -0.39 is 0 Å². The molecule has 0 aliphatic heterocycles. The minimum absolute atomic E-state index is 0.736. The molecule has 5 aromatic rings.